The van der Waals surface area contributed by atoms with Crippen LogP contribution in [0.5, 0.6) is 0 Å². The zero-order chi connectivity index (χ0) is 12.3. The van der Waals surface area contributed by atoms with Gasteiger partial charge >= 0.3 is 0 Å². The van der Waals surface area contributed by atoms with Gasteiger partial charge in [0.15, 0.2) is 0 Å². The largest absolute Gasteiger partial charge is 0.295 e. The van der Waals surface area contributed by atoms with E-state index in [9.17, 15) is 19.2 Å². The maximum atomic E-state index is 10.5. The normalized spacial score (nSPS) is 24.4. The van der Waals surface area contributed by atoms with E-state index in [1.54, 1.807) is 22.9 Å². The molecule has 1 N–H and O–H groups in total. The fraction of sp³-hybridized carbons (Fsp3) is 0.500. The van der Waals surface area contributed by atoms with E-state index in [-0.39, 0.29) is 30.0 Å². The number of alkyl halides is 1. The molecule has 1 unspecified atom stereocenters. The Kier molecular flexibility index (Phi) is 4.66. The van der Waals surface area contributed by atoms with Crippen molar-refractivity contribution in [2.24, 2.45) is 0 Å². The molecule has 2 rings (SSSR count). The van der Waals surface area contributed by atoms with E-state index in [0.717, 1.165) is 3.11 Å². The minimum atomic E-state index is -0.637. The molecular weight excluding hydrogens is 350 g/mol. The molecule has 2 saturated heterocycles. The second-order valence-corrected chi connectivity index (χ2v) is 4.64. The molecule has 8 heteroatoms. The lowest BCUT2D eigenvalue weighted by Crippen LogP contribution is -2.21. The van der Waals surface area contributed by atoms with Crippen LogP contribution in [0.25, 0.3) is 0 Å². The first-order valence-electron chi connectivity index (χ1n) is 4.41. The molecular formula is C8H8ClIN2O4. The van der Waals surface area contributed by atoms with E-state index in [2.05, 4.69) is 5.32 Å². The van der Waals surface area contributed by atoms with Gasteiger partial charge in [-0.3, -0.25) is 24.5 Å². The Morgan fingerprint density at radius 1 is 1.19 bits per heavy atom. The molecule has 1 atom stereocenters. The molecule has 0 aromatic rings. The number of amides is 4. The summed E-state index contributed by atoms with van der Waals surface area (Å²) in [6.07, 6.45) is 0.907. The van der Waals surface area contributed by atoms with Crippen molar-refractivity contribution in [2.75, 3.05) is 0 Å². The standard InChI is InChI=1S/C4H4ClNO2.C4H4INO2/c5-2-1-3(7)6-4(2)8;5-6-3(7)1-2-4(6)8/h2H,1H2,(H,6,7,8);1-2H2. The first kappa shape index (κ1) is 13.4. The molecule has 0 aliphatic carbocycles. The molecule has 0 aromatic carbocycles. The van der Waals surface area contributed by atoms with Crippen molar-refractivity contribution in [2.45, 2.75) is 24.6 Å². The van der Waals surface area contributed by atoms with Crippen molar-refractivity contribution in [3.05, 3.63) is 0 Å². The molecule has 2 aliphatic rings. The smallest absolute Gasteiger partial charge is 0.245 e. The van der Waals surface area contributed by atoms with Crippen LogP contribution in [-0.2, 0) is 19.2 Å². The number of nitrogens with zero attached hydrogens (tertiary/aromatic N) is 1. The van der Waals surface area contributed by atoms with Gasteiger partial charge in [0.1, 0.15) is 5.38 Å². The average Bonchev–Trinajstić information content (AvgIpc) is 2.65. The van der Waals surface area contributed by atoms with Crippen LogP contribution in [0, 0.1) is 0 Å². The highest BCUT2D eigenvalue weighted by Crippen LogP contribution is 2.15. The molecule has 2 fully saturated rings. The molecule has 4 amide bonds. The van der Waals surface area contributed by atoms with Crippen LogP contribution in [0.15, 0.2) is 0 Å². The fourth-order valence-electron chi connectivity index (χ4n) is 1.07. The second kappa shape index (κ2) is 5.58. The quantitative estimate of drug-likeness (QED) is 0.289. The van der Waals surface area contributed by atoms with Crippen molar-refractivity contribution in [3.8, 4) is 0 Å². The summed E-state index contributed by atoms with van der Waals surface area (Å²) in [5, 5.41) is 1.42. The summed E-state index contributed by atoms with van der Waals surface area (Å²) in [5.74, 6) is -0.808. The van der Waals surface area contributed by atoms with Gasteiger partial charge in [0.2, 0.25) is 23.6 Å². The van der Waals surface area contributed by atoms with Crippen LogP contribution >= 0.6 is 34.5 Å². The predicted octanol–water partition coefficient (Wildman–Crippen LogP) is 0.126. The van der Waals surface area contributed by atoms with Crippen molar-refractivity contribution in [1.82, 2.24) is 8.43 Å². The van der Waals surface area contributed by atoms with E-state index < -0.39 is 5.38 Å². The highest BCUT2D eigenvalue weighted by atomic mass is 127. The lowest BCUT2D eigenvalue weighted by molar-refractivity contribution is -0.131. The van der Waals surface area contributed by atoms with E-state index in [0.29, 0.717) is 12.8 Å². The lowest BCUT2D eigenvalue weighted by Gasteiger charge is -1.97. The van der Waals surface area contributed by atoms with Crippen molar-refractivity contribution in [3.63, 3.8) is 0 Å². The van der Waals surface area contributed by atoms with Crippen molar-refractivity contribution >= 4 is 58.1 Å². The molecule has 16 heavy (non-hydrogen) atoms. The first-order chi connectivity index (χ1) is 7.41. The number of carbonyl (C=O) groups excluding carboxylic acids is 4. The molecule has 2 heterocycles. The van der Waals surface area contributed by atoms with Gasteiger partial charge in [0, 0.05) is 12.8 Å². The highest BCUT2D eigenvalue weighted by molar-refractivity contribution is 14.1. The number of nitrogens with one attached hydrogen (secondary N) is 1. The summed E-state index contributed by atoms with van der Waals surface area (Å²) in [6.45, 7) is 0. The van der Waals surface area contributed by atoms with Gasteiger partial charge in [-0.05, 0) is 0 Å². The Balaban J connectivity index is 0.000000160. The molecule has 88 valence electrons. The van der Waals surface area contributed by atoms with Gasteiger partial charge in [0.25, 0.3) is 0 Å². The van der Waals surface area contributed by atoms with Crippen LogP contribution < -0.4 is 5.32 Å². The van der Waals surface area contributed by atoms with Gasteiger partial charge in [0.05, 0.1) is 29.3 Å². The van der Waals surface area contributed by atoms with Crippen LogP contribution in [0.1, 0.15) is 19.3 Å². The Bertz CT molecular complexity index is 341. The molecule has 2 aliphatic heterocycles. The van der Waals surface area contributed by atoms with E-state index in [1.807, 2.05) is 0 Å². The van der Waals surface area contributed by atoms with Crippen molar-refractivity contribution in [1.29, 1.82) is 0 Å². The second-order valence-electron chi connectivity index (χ2n) is 3.15. The van der Waals surface area contributed by atoms with Gasteiger partial charge in [-0.15, -0.1) is 11.6 Å². The maximum absolute atomic E-state index is 10.5. The summed E-state index contributed by atoms with van der Waals surface area (Å²) in [5.41, 5.74) is 0. The minimum absolute atomic E-state index is 0.0735. The van der Waals surface area contributed by atoms with E-state index in [4.69, 9.17) is 11.6 Å². The highest BCUT2D eigenvalue weighted by Gasteiger charge is 2.27. The molecule has 0 radical (unpaired) electrons. The summed E-state index contributed by atoms with van der Waals surface area (Å²) >= 11 is 7.04. The molecule has 6 nitrogen and oxygen atoms in total. The van der Waals surface area contributed by atoms with Gasteiger partial charge < -0.3 is 0 Å². The zero-order valence-electron chi connectivity index (χ0n) is 8.03. The number of imide groups is 2. The Morgan fingerprint density at radius 2 is 1.69 bits per heavy atom. The number of carbonyl (C=O) groups is 4. The summed E-state index contributed by atoms with van der Waals surface area (Å²) in [6, 6.07) is 0. The summed E-state index contributed by atoms with van der Waals surface area (Å²) in [7, 11) is 0. The minimum Gasteiger partial charge on any atom is -0.295 e. The number of rotatable bonds is 0. The zero-order valence-corrected chi connectivity index (χ0v) is 10.9. The van der Waals surface area contributed by atoms with Gasteiger partial charge in [-0.2, -0.15) is 0 Å². The predicted molar refractivity (Wildman–Crippen MR) is 62.5 cm³/mol. The van der Waals surface area contributed by atoms with Crippen LogP contribution in [0.3, 0.4) is 0 Å². The number of hydrogen-bond donors (Lipinski definition) is 1. The van der Waals surface area contributed by atoms with E-state index >= 15 is 0 Å². The molecule has 0 saturated carbocycles. The first-order valence-corrected chi connectivity index (χ1v) is 5.81. The topological polar surface area (TPSA) is 83.5 Å². The maximum Gasteiger partial charge on any atom is 0.245 e. The third-order valence-electron chi connectivity index (χ3n) is 1.90. The monoisotopic (exact) mass is 358 g/mol. The van der Waals surface area contributed by atoms with Gasteiger partial charge in [-0.25, -0.2) is 3.11 Å². The third-order valence-corrected chi connectivity index (χ3v) is 3.33. The molecule has 0 bridgehead atoms. The lowest BCUT2D eigenvalue weighted by atomic mass is 10.4. The Morgan fingerprint density at radius 3 is 1.81 bits per heavy atom. The molecule has 0 spiro atoms. The Hall–Kier alpha value is -0.700. The summed E-state index contributed by atoms with van der Waals surface area (Å²) < 4.78 is 1.14. The number of halogens is 2. The average molecular weight is 359 g/mol. The number of hydrogen-bond acceptors (Lipinski definition) is 4. The van der Waals surface area contributed by atoms with Gasteiger partial charge in [-0.1, -0.05) is 0 Å². The van der Waals surface area contributed by atoms with Crippen LogP contribution in [0.2, 0.25) is 0 Å². The molecule has 0 aromatic heterocycles. The van der Waals surface area contributed by atoms with E-state index in [1.165, 1.54) is 0 Å². The van der Waals surface area contributed by atoms with Crippen LogP contribution in [0.4, 0.5) is 0 Å². The third kappa shape index (κ3) is 3.41. The fourth-order valence-corrected chi connectivity index (χ4v) is 1.75. The van der Waals surface area contributed by atoms with Crippen LogP contribution in [-0.4, -0.2) is 32.1 Å². The van der Waals surface area contributed by atoms with Crippen molar-refractivity contribution < 1.29 is 19.2 Å². The SMILES string of the molecule is O=C1CC(Cl)C(=O)N1.O=C1CCC(=O)N1I. The Labute approximate surface area is 110 Å². The summed E-state index contributed by atoms with van der Waals surface area (Å²) in [4.78, 5) is 41.5.